The normalized spacial score (nSPS) is 17.4. The minimum Gasteiger partial charge on any atom is -0.395 e. The predicted octanol–water partition coefficient (Wildman–Crippen LogP) is 2.38. The third kappa shape index (κ3) is 1.77. The Morgan fingerprint density at radius 3 is 2.78 bits per heavy atom. The van der Waals surface area contributed by atoms with Crippen molar-refractivity contribution < 1.29 is 9.84 Å². The number of aliphatic hydroxyl groups is 1. The molecule has 2 heterocycles. The summed E-state index contributed by atoms with van der Waals surface area (Å²) in [6.07, 6.45) is 0. The van der Waals surface area contributed by atoms with Crippen molar-refractivity contribution in [2.24, 2.45) is 0 Å². The van der Waals surface area contributed by atoms with Gasteiger partial charge >= 0.3 is 0 Å². The zero-order valence-electron chi connectivity index (χ0n) is 10.2. The smallest absolute Gasteiger partial charge is 0.123 e. The average Bonchev–Trinajstić information content (AvgIpc) is 2.79. The van der Waals surface area contributed by atoms with Gasteiger partial charge in [0, 0.05) is 10.9 Å². The highest BCUT2D eigenvalue weighted by molar-refractivity contribution is 7.13. The number of hydrogen-bond donors (Lipinski definition) is 1. The van der Waals surface area contributed by atoms with Crippen LogP contribution in [0.15, 0.2) is 29.6 Å². The third-order valence-electron chi connectivity index (χ3n) is 3.48. The van der Waals surface area contributed by atoms with Crippen LogP contribution in [-0.2, 0) is 10.2 Å². The van der Waals surface area contributed by atoms with Crippen molar-refractivity contribution in [3.63, 3.8) is 0 Å². The Bertz CT molecular complexity index is 555. The fourth-order valence-electron chi connectivity index (χ4n) is 2.12. The van der Waals surface area contributed by atoms with E-state index in [0.29, 0.717) is 13.2 Å². The van der Waals surface area contributed by atoms with E-state index in [2.05, 4.69) is 24.0 Å². The van der Waals surface area contributed by atoms with Crippen LogP contribution in [0.25, 0.3) is 10.6 Å². The molecule has 1 fully saturated rings. The zero-order chi connectivity index (χ0) is 12.6. The summed E-state index contributed by atoms with van der Waals surface area (Å²) in [5.41, 5.74) is 3.08. The number of hydrogen-bond acceptors (Lipinski definition) is 4. The van der Waals surface area contributed by atoms with E-state index >= 15 is 0 Å². The SMILES string of the molecule is Cc1ccccc1-c1nc(C2(CO)COC2)cs1. The Labute approximate surface area is 110 Å². The van der Waals surface area contributed by atoms with Crippen molar-refractivity contribution in [1.29, 1.82) is 0 Å². The molecule has 1 aliphatic rings. The largest absolute Gasteiger partial charge is 0.395 e. The second kappa shape index (κ2) is 4.46. The molecular weight excluding hydrogens is 246 g/mol. The fourth-order valence-corrected chi connectivity index (χ4v) is 3.16. The minimum absolute atomic E-state index is 0.101. The second-order valence-electron chi connectivity index (χ2n) is 4.78. The van der Waals surface area contributed by atoms with Gasteiger partial charge in [0.1, 0.15) is 5.01 Å². The van der Waals surface area contributed by atoms with Crippen LogP contribution in [0.1, 0.15) is 11.3 Å². The molecule has 3 nitrogen and oxygen atoms in total. The lowest BCUT2D eigenvalue weighted by Crippen LogP contribution is -2.49. The fraction of sp³-hybridized carbons (Fsp3) is 0.357. The topological polar surface area (TPSA) is 42.4 Å². The van der Waals surface area contributed by atoms with E-state index in [1.807, 2.05) is 17.5 Å². The predicted molar refractivity (Wildman–Crippen MR) is 71.9 cm³/mol. The first-order valence-corrected chi connectivity index (χ1v) is 6.84. The van der Waals surface area contributed by atoms with Gasteiger partial charge in [-0.25, -0.2) is 4.98 Å². The van der Waals surface area contributed by atoms with Gasteiger partial charge in [0.25, 0.3) is 0 Å². The number of benzene rings is 1. The number of nitrogens with zero attached hydrogens (tertiary/aromatic N) is 1. The maximum absolute atomic E-state index is 9.51. The van der Waals surface area contributed by atoms with Crippen LogP contribution < -0.4 is 0 Å². The molecule has 1 saturated heterocycles. The van der Waals surface area contributed by atoms with Crippen LogP contribution in [0.4, 0.5) is 0 Å². The first kappa shape index (κ1) is 11.8. The van der Waals surface area contributed by atoms with E-state index < -0.39 is 0 Å². The van der Waals surface area contributed by atoms with Crippen molar-refractivity contribution in [3.8, 4) is 10.6 Å². The summed E-state index contributed by atoms with van der Waals surface area (Å²) < 4.78 is 5.23. The van der Waals surface area contributed by atoms with E-state index in [4.69, 9.17) is 4.74 Å². The molecule has 94 valence electrons. The van der Waals surface area contributed by atoms with E-state index in [-0.39, 0.29) is 12.0 Å². The number of ether oxygens (including phenoxy) is 1. The number of thiazole rings is 1. The van der Waals surface area contributed by atoms with Crippen molar-refractivity contribution in [2.75, 3.05) is 19.8 Å². The van der Waals surface area contributed by atoms with Gasteiger partial charge in [0.15, 0.2) is 0 Å². The molecule has 0 amide bonds. The van der Waals surface area contributed by atoms with E-state index in [1.54, 1.807) is 11.3 Å². The second-order valence-corrected chi connectivity index (χ2v) is 5.64. The summed E-state index contributed by atoms with van der Waals surface area (Å²) in [6, 6.07) is 8.23. The molecule has 0 spiro atoms. The lowest BCUT2D eigenvalue weighted by molar-refractivity contribution is -0.0859. The summed E-state index contributed by atoms with van der Waals surface area (Å²) in [4.78, 5) is 4.68. The van der Waals surface area contributed by atoms with E-state index in [0.717, 1.165) is 10.7 Å². The van der Waals surface area contributed by atoms with E-state index in [1.165, 1.54) is 11.1 Å². The number of aromatic nitrogens is 1. The minimum atomic E-state index is -0.266. The Hall–Kier alpha value is -1.23. The van der Waals surface area contributed by atoms with Gasteiger partial charge in [-0.2, -0.15) is 0 Å². The van der Waals surface area contributed by atoms with Gasteiger partial charge in [0.2, 0.25) is 0 Å². The molecule has 1 aliphatic heterocycles. The molecule has 0 atom stereocenters. The molecule has 3 rings (SSSR count). The average molecular weight is 261 g/mol. The monoisotopic (exact) mass is 261 g/mol. The standard InChI is InChI=1S/C14H15NO2S/c1-10-4-2-3-5-11(10)13-15-12(6-18-13)14(7-16)8-17-9-14/h2-6,16H,7-9H2,1H3. The molecule has 1 N–H and O–H groups in total. The van der Waals surface area contributed by atoms with Crippen LogP contribution in [0, 0.1) is 6.92 Å². The lowest BCUT2D eigenvalue weighted by atomic mass is 9.84. The van der Waals surface area contributed by atoms with Crippen LogP contribution >= 0.6 is 11.3 Å². The molecule has 1 aromatic carbocycles. The Balaban J connectivity index is 1.97. The summed E-state index contributed by atoms with van der Waals surface area (Å²) in [6.45, 7) is 3.33. The maximum Gasteiger partial charge on any atom is 0.123 e. The Morgan fingerprint density at radius 1 is 1.39 bits per heavy atom. The van der Waals surface area contributed by atoms with E-state index in [9.17, 15) is 5.11 Å². The highest BCUT2D eigenvalue weighted by atomic mass is 32.1. The van der Waals surface area contributed by atoms with Gasteiger partial charge < -0.3 is 9.84 Å². The van der Waals surface area contributed by atoms with Crippen molar-refractivity contribution in [3.05, 3.63) is 40.9 Å². The Kier molecular flexibility index (Phi) is 2.93. The molecular formula is C14H15NO2S. The Morgan fingerprint density at radius 2 is 2.17 bits per heavy atom. The number of rotatable bonds is 3. The zero-order valence-corrected chi connectivity index (χ0v) is 11.0. The highest BCUT2D eigenvalue weighted by Crippen LogP contribution is 2.35. The van der Waals surface area contributed by atoms with Gasteiger partial charge in [-0.1, -0.05) is 24.3 Å². The van der Waals surface area contributed by atoms with Crippen LogP contribution in [0.5, 0.6) is 0 Å². The maximum atomic E-state index is 9.51. The van der Waals surface area contributed by atoms with Crippen molar-refractivity contribution in [2.45, 2.75) is 12.3 Å². The van der Waals surface area contributed by atoms with Gasteiger partial charge in [-0.3, -0.25) is 0 Å². The summed E-state index contributed by atoms with van der Waals surface area (Å²) >= 11 is 1.63. The van der Waals surface area contributed by atoms with Crippen LogP contribution in [0.3, 0.4) is 0 Å². The summed E-state index contributed by atoms with van der Waals surface area (Å²) in [7, 11) is 0. The van der Waals surface area contributed by atoms with Gasteiger partial charge in [-0.15, -0.1) is 11.3 Å². The molecule has 1 aromatic heterocycles. The third-order valence-corrected chi connectivity index (χ3v) is 4.36. The molecule has 2 aromatic rings. The molecule has 0 aliphatic carbocycles. The van der Waals surface area contributed by atoms with Gasteiger partial charge in [-0.05, 0) is 12.5 Å². The highest BCUT2D eigenvalue weighted by Gasteiger charge is 2.42. The quantitative estimate of drug-likeness (QED) is 0.922. The summed E-state index contributed by atoms with van der Waals surface area (Å²) in [5, 5.41) is 12.6. The first-order chi connectivity index (χ1) is 8.75. The van der Waals surface area contributed by atoms with Crippen molar-refractivity contribution in [1.82, 2.24) is 4.98 Å². The molecule has 0 saturated carbocycles. The molecule has 0 radical (unpaired) electrons. The van der Waals surface area contributed by atoms with Crippen LogP contribution in [-0.4, -0.2) is 29.9 Å². The van der Waals surface area contributed by atoms with Crippen molar-refractivity contribution >= 4 is 11.3 Å². The summed E-state index contributed by atoms with van der Waals surface area (Å²) in [5.74, 6) is 0. The lowest BCUT2D eigenvalue weighted by Gasteiger charge is -2.38. The van der Waals surface area contributed by atoms with Crippen LogP contribution in [0.2, 0.25) is 0 Å². The molecule has 18 heavy (non-hydrogen) atoms. The number of aryl methyl sites for hydroxylation is 1. The number of aliphatic hydroxyl groups excluding tert-OH is 1. The first-order valence-electron chi connectivity index (χ1n) is 5.96. The molecule has 0 unspecified atom stereocenters. The van der Waals surface area contributed by atoms with Gasteiger partial charge in [0.05, 0.1) is 30.9 Å². The molecule has 4 heteroatoms. The molecule has 0 bridgehead atoms.